The van der Waals surface area contributed by atoms with Crippen LogP contribution >= 0.6 is 0 Å². The van der Waals surface area contributed by atoms with E-state index in [9.17, 15) is 4.39 Å². The molecule has 0 aliphatic heterocycles. The van der Waals surface area contributed by atoms with Crippen molar-refractivity contribution in [1.82, 2.24) is 4.98 Å². The van der Waals surface area contributed by atoms with Gasteiger partial charge >= 0.3 is 0 Å². The molecule has 1 atom stereocenters. The van der Waals surface area contributed by atoms with Crippen LogP contribution in [0.3, 0.4) is 0 Å². The Morgan fingerprint density at radius 2 is 2.11 bits per heavy atom. The van der Waals surface area contributed by atoms with Crippen molar-refractivity contribution in [2.75, 3.05) is 11.9 Å². The minimum Gasteiger partial charge on any atom is -0.355 e. The largest absolute Gasteiger partial charge is 0.355 e. The molecule has 0 aliphatic carbocycles. The van der Waals surface area contributed by atoms with E-state index in [0.717, 1.165) is 16.9 Å². The van der Waals surface area contributed by atoms with Gasteiger partial charge in [-0.1, -0.05) is 12.1 Å². The van der Waals surface area contributed by atoms with Crippen molar-refractivity contribution in [3.63, 3.8) is 0 Å². The third-order valence-electron chi connectivity index (χ3n) is 3.00. The molecule has 0 saturated heterocycles. The molecule has 1 aromatic heterocycles. The van der Waals surface area contributed by atoms with E-state index in [4.69, 9.17) is 5.73 Å². The van der Waals surface area contributed by atoms with Crippen LogP contribution in [0.1, 0.15) is 24.1 Å². The Bertz CT molecular complexity index is 555. The normalized spacial score (nSPS) is 12.2. The highest BCUT2D eigenvalue weighted by Gasteiger charge is 2.07. The van der Waals surface area contributed by atoms with E-state index >= 15 is 0 Å². The van der Waals surface area contributed by atoms with Crippen LogP contribution in [0.4, 0.5) is 10.2 Å². The Labute approximate surface area is 112 Å². The molecule has 3 nitrogen and oxygen atoms in total. The molecule has 0 radical (unpaired) electrons. The number of benzene rings is 1. The molecule has 0 fully saturated rings. The summed E-state index contributed by atoms with van der Waals surface area (Å²) in [4.78, 5) is 6.29. The first-order valence-corrected chi connectivity index (χ1v) is 6.23. The smallest absolute Gasteiger partial charge is 0.128 e. The second-order valence-corrected chi connectivity index (χ2v) is 4.72. The van der Waals surface area contributed by atoms with Crippen LogP contribution in [0.25, 0.3) is 0 Å². The molecule has 100 valence electrons. The zero-order valence-electron chi connectivity index (χ0n) is 11.2. The van der Waals surface area contributed by atoms with Crippen LogP contribution in [0, 0.1) is 5.82 Å². The highest BCUT2D eigenvalue weighted by atomic mass is 19.1. The fourth-order valence-electron chi connectivity index (χ4n) is 1.92. The van der Waals surface area contributed by atoms with Gasteiger partial charge in [0.05, 0.1) is 0 Å². The second-order valence-electron chi connectivity index (χ2n) is 4.72. The molecule has 4 heteroatoms. The number of aromatic nitrogens is 1. The molecule has 2 aromatic rings. The van der Waals surface area contributed by atoms with Crippen LogP contribution in [0.15, 0.2) is 42.6 Å². The van der Waals surface area contributed by atoms with Gasteiger partial charge in [0, 0.05) is 25.8 Å². The van der Waals surface area contributed by atoms with Crippen LogP contribution in [-0.4, -0.2) is 12.0 Å². The van der Waals surface area contributed by atoms with Gasteiger partial charge in [-0.3, -0.25) is 0 Å². The summed E-state index contributed by atoms with van der Waals surface area (Å²) < 4.78 is 13.1. The van der Waals surface area contributed by atoms with E-state index in [0.29, 0.717) is 6.54 Å². The quantitative estimate of drug-likeness (QED) is 0.918. The number of halogens is 1. The number of nitrogens with two attached hydrogens (primary N) is 1. The summed E-state index contributed by atoms with van der Waals surface area (Å²) >= 11 is 0. The minimum atomic E-state index is -0.219. The summed E-state index contributed by atoms with van der Waals surface area (Å²) in [6.07, 6.45) is 1.75. The van der Waals surface area contributed by atoms with E-state index in [1.54, 1.807) is 12.3 Å². The Morgan fingerprint density at radius 3 is 2.79 bits per heavy atom. The highest BCUT2D eigenvalue weighted by Crippen LogP contribution is 2.17. The molecule has 0 spiro atoms. The van der Waals surface area contributed by atoms with Crippen molar-refractivity contribution < 1.29 is 4.39 Å². The number of pyridine rings is 1. The van der Waals surface area contributed by atoms with Gasteiger partial charge in [0.1, 0.15) is 11.6 Å². The van der Waals surface area contributed by atoms with Crippen molar-refractivity contribution in [2.24, 2.45) is 5.73 Å². The number of hydrogen-bond acceptors (Lipinski definition) is 3. The van der Waals surface area contributed by atoms with Crippen LogP contribution in [-0.2, 0) is 6.54 Å². The van der Waals surface area contributed by atoms with Gasteiger partial charge in [-0.25, -0.2) is 9.37 Å². The van der Waals surface area contributed by atoms with E-state index in [1.807, 2.05) is 37.1 Å². The monoisotopic (exact) mass is 259 g/mol. The fraction of sp³-hybridized carbons (Fsp3) is 0.267. The van der Waals surface area contributed by atoms with Crippen molar-refractivity contribution in [1.29, 1.82) is 0 Å². The van der Waals surface area contributed by atoms with Crippen LogP contribution in [0.5, 0.6) is 0 Å². The molecule has 0 aliphatic rings. The Kier molecular flexibility index (Phi) is 4.12. The molecule has 1 heterocycles. The summed E-state index contributed by atoms with van der Waals surface area (Å²) in [5.41, 5.74) is 7.81. The lowest BCUT2D eigenvalue weighted by atomic mass is 10.1. The van der Waals surface area contributed by atoms with Gasteiger partial charge in [0.2, 0.25) is 0 Å². The summed E-state index contributed by atoms with van der Waals surface area (Å²) in [5.74, 6) is 0.613. The van der Waals surface area contributed by atoms with Crippen molar-refractivity contribution in [2.45, 2.75) is 19.5 Å². The van der Waals surface area contributed by atoms with Crippen LogP contribution in [0.2, 0.25) is 0 Å². The van der Waals surface area contributed by atoms with E-state index in [2.05, 4.69) is 4.98 Å². The summed E-state index contributed by atoms with van der Waals surface area (Å²) in [6.45, 7) is 2.54. The molecule has 19 heavy (non-hydrogen) atoms. The maximum absolute atomic E-state index is 13.1. The number of rotatable bonds is 4. The molecule has 2 rings (SSSR count). The van der Waals surface area contributed by atoms with E-state index in [1.165, 1.54) is 12.1 Å². The van der Waals surface area contributed by atoms with Gasteiger partial charge in [-0.2, -0.15) is 0 Å². The Morgan fingerprint density at radius 1 is 1.32 bits per heavy atom. The predicted molar refractivity (Wildman–Crippen MR) is 75.3 cm³/mol. The SMILES string of the molecule is CC(N)c1ccnc(N(C)Cc2cccc(F)c2)c1. The summed E-state index contributed by atoms with van der Waals surface area (Å²) in [6, 6.07) is 10.4. The molecule has 0 bridgehead atoms. The lowest BCUT2D eigenvalue weighted by molar-refractivity contribution is 0.625. The molecular weight excluding hydrogens is 241 g/mol. The van der Waals surface area contributed by atoms with Crippen molar-refractivity contribution in [3.8, 4) is 0 Å². The molecular formula is C15H18FN3. The lowest BCUT2D eigenvalue weighted by Gasteiger charge is -2.19. The fourth-order valence-corrected chi connectivity index (χ4v) is 1.92. The molecule has 0 saturated carbocycles. The Balaban J connectivity index is 2.15. The molecule has 1 aromatic carbocycles. The molecule has 2 N–H and O–H groups in total. The van der Waals surface area contributed by atoms with Gasteiger partial charge in [0.15, 0.2) is 0 Å². The standard InChI is InChI=1S/C15H18FN3/c1-11(17)13-6-7-18-15(9-13)19(2)10-12-4-3-5-14(16)8-12/h3-9,11H,10,17H2,1-2H3. The van der Waals surface area contributed by atoms with Crippen LogP contribution < -0.4 is 10.6 Å². The zero-order chi connectivity index (χ0) is 13.8. The maximum atomic E-state index is 13.1. The van der Waals surface area contributed by atoms with Gasteiger partial charge < -0.3 is 10.6 Å². The van der Waals surface area contributed by atoms with Gasteiger partial charge in [-0.15, -0.1) is 0 Å². The lowest BCUT2D eigenvalue weighted by Crippen LogP contribution is -2.18. The first-order valence-electron chi connectivity index (χ1n) is 6.23. The molecule has 0 amide bonds. The Hall–Kier alpha value is -1.94. The first-order chi connectivity index (χ1) is 9.06. The average molecular weight is 259 g/mol. The maximum Gasteiger partial charge on any atom is 0.128 e. The first kappa shape index (κ1) is 13.5. The second kappa shape index (κ2) is 5.80. The number of nitrogens with zero attached hydrogens (tertiary/aromatic N) is 2. The topological polar surface area (TPSA) is 42.1 Å². The molecule has 1 unspecified atom stereocenters. The van der Waals surface area contributed by atoms with E-state index in [-0.39, 0.29) is 11.9 Å². The zero-order valence-corrected chi connectivity index (χ0v) is 11.2. The highest BCUT2D eigenvalue weighted by molar-refractivity contribution is 5.41. The third-order valence-corrected chi connectivity index (χ3v) is 3.00. The number of anilines is 1. The number of hydrogen-bond donors (Lipinski definition) is 1. The van der Waals surface area contributed by atoms with Crippen molar-refractivity contribution in [3.05, 3.63) is 59.5 Å². The van der Waals surface area contributed by atoms with E-state index < -0.39 is 0 Å². The van der Waals surface area contributed by atoms with Gasteiger partial charge in [-0.05, 0) is 42.3 Å². The van der Waals surface area contributed by atoms with Crippen molar-refractivity contribution >= 4 is 5.82 Å². The average Bonchev–Trinajstić information content (AvgIpc) is 2.39. The van der Waals surface area contributed by atoms with Gasteiger partial charge in [0.25, 0.3) is 0 Å². The summed E-state index contributed by atoms with van der Waals surface area (Å²) in [5, 5.41) is 0. The third kappa shape index (κ3) is 3.51. The predicted octanol–water partition coefficient (Wildman–Crippen LogP) is 2.88. The summed E-state index contributed by atoms with van der Waals surface area (Å²) in [7, 11) is 1.93. The minimum absolute atomic E-state index is 0.0238.